The number of rotatable bonds is 7. The third-order valence-corrected chi connectivity index (χ3v) is 8.33. The number of halogens is 3. The minimum absolute atomic E-state index is 0.0515. The number of benzene rings is 1. The quantitative estimate of drug-likeness (QED) is 0.624. The van der Waals surface area contributed by atoms with E-state index in [1.165, 1.54) is 16.4 Å². The van der Waals surface area contributed by atoms with E-state index < -0.39 is 27.3 Å². The number of ether oxygens (including phenoxy) is 1. The lowest BCUT2D eigenvalue weighted by Crippen LogP contribution is -2.49. The molecule has 172 valence electrons. The fourth-order valence-corrected chi connectivity index (χ4v) is 6.30. The number of anilines is 1. The van der Waals surface area contributed by atoms with Gasteiger partial charge in [-0.15, -0.1) is 0 Å². The van der Waals surface area contributed by atoms with Crippen LogP contribution >= 0.6 is 0 Å². The summed E-state index contributed by atoms with van der Waals surface area (Å²) in [5, 5.41) is 9.03. The van der Waals surface area contributed by atoms with Crippen LogP contribution in [0.5, 0.6) is 0 Å². The molecule has 6 nitrogen and oxygen atoms in total. The Kier molecular flexibility index (Phi) is 6.89. The van der Waals surface area contributed by atoms with Crippen LogP contribution in [-0.4, -0.2) is 57.9 Å². The molecule has 0 radical (unpaired) electrons. The van der Waals surface area contributed by atoms with Crippen LogP contribution in [-0.2, 0) is 20.9 Å². The number of nitrogens with zero attached hydrogens (tertiary/aromatic N) is 3. The van der Waals surface area contributed by atoms with Gasteiger partial charge in [0, 0.05) is 43.9 Å². The highest BCUT2D eigenvalue weighted by Crippen LogP contribution is 2.45. The highest BCUT2D eigenvalue weighted by Gasteiger charge is 2.52. The van der Waals surface area contributed by atoms with Crippen molar-refractivity contribution in [2.45, 2.75) is 32.9 Å². The standard InChI is InChI=1S/C21H28F3N3O3S/c1-3-9-31(28,29)27-13-17-12-26(8-7-20(17,14-27)15-30-4-2)18-6-5-16(11-25)19(10-18)21(22,23)24/h5-6,10,17H,3-4,7-9,12-15H2,1-2H3/t17-,20+/m1/s1. The zero-order valence-corrected chi connectivity index (χ0v) is 18.6. The van der Waals surface area contributed by atoms with Crippen LogP contribution in [0.3, 0.4) is 0 Å². The van der Waals surface area contributed by atoms with Crippen molar-refractivity contribution in [1.29, 1.82) is 5.26 Å². The van der Waals surface area contributed by atoms with Gasteiger partial charge in [-0.3, -0.25) is 0 Å². The van der Waals surface area contributed by atoms with Gasteiger partial charge in [0.2, 0.25) is 10.0 Å². The molecular weight excluding hydrogens is 431 g/mol. The van der Waals surface area contributed by atoms with Gasteiger partial charge >= 0.3 is 6.18 Å². The number of hydrogen-bond acceptors (Lipinski definition) is 5. The Labute approximate surface area is 181 Å². The van der Waals surface area contributed by atoms with Gasteiger partial charge in [0.1, 0.15) is 0 Å². The molecule has 0 N–H and O–H groups in total. The second-order valence-electron chi connectivity index (χ2n) is 8.34. The minimum atomic E-state index is -4.62. The SMILES string of the molecule is CCCS(=O)(=O)N1C[C@H]2CN(c3ccc(C#N)c(C(F)(F)F)c3)CC[C@@]2(COCC)C1. The Hall–Kier alpha value is -1.83. The Morgan fingerprint density at radius 2 is 2.03 bits per heavy atom. The number of fused-ring (bicyclic) bond motifs is 1. The molecule has 1 aromatic rings. The number of piperidine rings is 1. The lowest BCUT2D eigenvalue weighted by atomic mass is 9.73. The monoisotopic (exact) mass is 459 g/mol. The van der Waals surface area contributed by atoms with Gasteiger partial charge in [0.15, 0.2) is 0 Å². The predicted molar refractivity (Wildman–Crippen MR) is 111 cm³/mol. The fourth-order valence-electron chi connectivity index (χ4n) is 4.67. The third kappa shape index (κ3) is 4.83. The van der Waals surface area contributed by atoms with Crippen LogP contribution in [0.1, 0.15) is 37.8 Å². The van der Waals surface area contributed by atoms with Crippen molar-refractivity contribution in [3.05, 3.63) is 29.3 Å². The molecule has 0 aromatic heterocycles. The van der Waals surface area contributed by atoms with Gasteiger partial charge in [-0.2, -0.15) is 18.4 Å². The molecule has 0 spiro atoms. The highest BCUT2D eigenvalue weighted by atomic mass is 32.2. The smallest absolute Gasteiger partial charge is 0.381 e. The van der Waals surface area contributed by atoms with Gasteiger partial charge in [-0.05, 0) is 43.9 Å². The largest absolute Gasteiger partial charge is 0.417 e. The molecule has 0 amide bonds. The van der Waals surface area contributed by atoms with E-state index in [1.54, 1.807) is 6.07 Å². The second-order valence-corrected chi connectivity index (χ2v) is 10.4. The number of nitriles is 1. The van der Waals surface area contributed by atoms with Crippen LogP contribution in [0.2, 0.25) is 0 Å². The summed E-state index contributed by atoms with van der Waals surface area (Å²) >= 11 is 0. The summed E-state index contributed by atoms with van der Waals surface area (Å²) in [6.45, 7) is 6.32. The van der Waals surface area contributed by atoms with E-state index >= 15 is 0 Å². The maximum atomic E-state index is 13.4. The van der Waals surface area contributed by atoms with Crippen LogP contribution < -0.4 is 4.90 Å². The van der Waals surface area contributed by atoms with Crippen molar-refractivity contribution in [3.63, 3.8) is 0 Å². The second kappa shape index (κ2) is 8.96. The van der Waals surface area contributed by atoms with Gasteiger partial charge in [0.05, 0.1) is 29.6 Å². The fraction of sp³-hybridized carbons (Fsp3) is 0.667. The zero-order chi connectivity index (χ0) is 22.9. The topological polar surface area (TPSA) is 73.6 Å². The molecule has 31 heavy (non-hydrogen) atoms. The molecule has 2 aliphatic heterocycles. The summed E-state index contributed by atoms with van der Waals surface area (Å²) in [7, 11) is -3.37. The molecule has 0 unspecified atom stereocenters. The average molecular weight is 460 g/mol. The summed E-state index contributed by atoms with van der Waals surface area (Å²) in [5.74, 6) is 0.0306. The van der Waals surface area contributed by atoms with Crippen molar-refractivity contribution < 1.29 is 26.3 Å². The first-order valence-electron chi connectivity index (χ1n) is 10.5. The van der Waals surface area contributed by atoms with Gasteiger partial charge in [-0.1, -0.05) is 6.92 Å². The molecule has 2 saturated heterocycles. The van der Waals surface area contributed by atoms with Crippen LogP contribution in [0.4, 0.5) is 18.9 Å². The van der Waals surface area contributed by atoms with Crippen LogP contribution in [0.15, 0.2) is 18.2 Å². The molecule has 2 heterocycles. The van der Waals surface area contributed by atoms with Crippen molar-refractivity contribution in [3.8, 4) is 6.07 Å². The first-order chi connectivity index (χ1) is 14.6. The summed E-state index contributed by atoms with van der Waals surface area (Å²) in [5.41, 5.74) is -1.30. The van der Waals surface area contributed by atoms with Gasteiger partial charge in [0.25, 0.3) is 0 Å². The molecule has 0 bridgehead atoms. The van der Waals surface area contributed by atoms with E-state index in [4.69, 9.17) is 10.00 Å². The molecular formula is C21H28F3N3O3S. The Morgan fingerprint density at radius 3 is 2.65 bits per heavy atom. The van der Waals surface area contributed by atoms with Crippen molar-refractivity contribution in [2.24, 2.45) is 11.3 Å². The molecule has 1 aromatic carbocycles. The summed E-state index contributed by atoms with van der Waals surface area (Å²) < 4.78 is 72.8. The lowest BCUT2D eigenvalue weighted by molar-refractivity contribution is -0.137. The Balaban J connectivity index is 1.88. The van der Waals surface area contributed by atoms with Crippen molar-refractivity contribution in [1.82, 2.24) is 4.31 Å². The van der Waals surface area contributed by atoms with E-state index in [9.17, 15) is 21.6 Å². The lowest BCUT2D eigenvalue weighted by Gasteiger charge is -2.44. The third-order valence-electron chi connectivity index (χ3n) is 6.34. The highest BCUT2D eigenvalue weighted by molar-refractivity contribution is 7.89. The van der Waals surface area contributed by atoms with Crippen LogP contribution in [0, 0.1) is 22.7 Å². The molecule has 0 saturated carbocycles. The number of hydrogen-bond donors (Lipinski definition) is 0. The first-order valence-corrected chi connectivity index (χ1v) is 12.1. The van der Waals surface area contributed by atoms with Crippen molar-refractivity contribution >= 4 is 15.7 Å². The first kappa shape index (κ1) is 23.8. The van der Waals surface area contributed by atoms with E-state index in [2.05, 4.69) is 0 Å². The predicted octanol–water partition coefficient (Wildman–Crippen LogP) is 3.48. The minimum Gasteiger partial charge on any atom is -0.381 e. The number of sulfonamides is 1. The zero-order valence-electron chi connectivity index (χ0n) is 17.8. The van der Waals surface area contributed by atoms with E-state index in [1.807, 2.05) is 18.7 Å². The normalized spacial score (nSPS) is 24.8. The molecule has 2 fully saturated rings. The summed E-state index contributed by atoms with van der Waals surface area (Å²) in [4.78, 5) is 1.86. The molecule has 3 rings (SSSR count). The maximum absolute atomic E-state index is 13.4. The van der Waals surface area contributed by atoms with E-state index in [0.717, 1.165) is 6.07 Å². The van der Waals surface area contributed by atoms with Crippen LogP contribution in [0.25, 0.3) is 0 Å². The summed E-state index contributed by atoms with van der Waals surface area (Å²) in [6.07, 6.45) is -3.47. The van der Waals surface area contributed by atoms with E-state index in [0.29, 0.717) is 57.9 Å². The van der Waals surface area contributed by atoms with E-state index in [-0.39, 0.29) is 17.1 Å². The number of alkyl halides is 3. The summed E-state index contributed by atoms with van der Waals surface area (Å²) in [6, 6.07) is 5.36. The van der Waals surface area contributed by atoms with Gasteiger partial charge < -0.3 is 9.64 Å². The molecule has 2 atom stereocenters. The molecule has 0 aliphatic carbocycles. The maximum Gasteiger partial charge on any atom is 0.417 e. The Bertz CT molecular complexity index is 945. The van der Waals surface area contributed by atoms with Gasteiger partial charge in [-0.25, -0.2) is 12.7 Å². The Morgan fingerprint density at radius 1 is 1.29 bits per heavy atom. The van der Waals surface area contributed by atoms with Crippen molar-refractivity contribution in [2.75, 3.05) is 50.0 Å². The molecule has 10 heteroatoms. The average Bonchev–Trinajstić information content (AvgIpc) is 3.11. The molecule has 2 aliphatic rings.